The number of benzene rings is 3. The average Bonchev–Trinajstić information content (AvgIpc) is 4.10. The molecule has 16 nitrogen and oxygen atoms in total. The van der Waals surface area contributed by atoms with E-state index in [0.29, 0.717) is 18.9 Å². The van der Waals surface area contributed by atoms with Gasteiger partial charge in [-0.15, -0.1) is 0 Å². The SMILES string of the molecule is COCCOC(=O)N[C@H](C(=O)N1CCC[C@H]1c1nc2ccc(-c3ccc(-c4ccc5nc([C@@]6(C)CCCN6C(=O)[C@@H](NC(=O)OCCOC)C(C)C)[nH]c5c4)cc3)cc2[nH]1)C(C)C. The van der Waals surface area contributed by atoms with Crippen LogP contribution < -0.4 is 10.6 Å². The van der Waals surface area contributed by atoms with Gasteiger partial charge in [-0.05, 0) is 91.0 Å². The summed E-state index contributed by atoms with van der Waals surface area (Å²) >= 11 is 0. The Hall–Kier alpha value is -6.00. The van der Waals surface area contributed by atoms with Crippen LogP contribution >= 0.6 is 0 Å². The van der Waals surface area contributed by atoms with E-state index in [1.54, 1.807) is 0 Å². The zero-order valence-corrected chi connectivity index (χ0v) is 37.3. The first kappa shape index (κ1) is 45.0. The Labute approximate surface area is 367 Å². The second-order valence-corrected chi connectivity index (χ2v) is 17.3. The third kappa shape index (κ3) is 9.81. The lowest BCUT2D eigenvalue weighted by atomic mass is 9.95. The van der Waals surface area contributed by atoms with Crippen molar-refractivity contribution < 1.29 is 38.1 Å². The van der Waals surface area contributed by atoms with Gasteiger partial charge in [-0.3, -0.25) is 9.59 Å². The van der Waals surface area contributed by atoms with Crippen LogP contribution in [0.15, 0.2) is 60.7 Å². The van der Waals surface area contributed by atoms with Gasteiger partial charge < -0.3 is 49.3 Å². The number of rotatable bonds is 16. The largest absolute Gasteiger partial charge is 0.447 e. The summed E-state index contributed by atoms with van der Waals surface area (Å²) in [5, 5.41) is 5.54. The number of likely N-dealkylation sites (tertiary alicyclic amines) is 2. The van der Waals surface area contributed by atoms with Crippen molar-refractivity contribution in [2.24, 2.45) is 11.8 Å². The van der Waals surface area contributed by atoms with E-state index in [9.17, 15) is 19.2 Å². The number of hydrogen-bond acceptors (Lipinski definition) is 10. The van der Waals surface area contributed by atoms with Crippen LogP contribution in [0.3, 0.4) is 0 Å². The number of alkyl carbamates (subject to hydrolysis) is 2. The molecule has 0 spiro atoms. The van der Waals surface area contributed by atoms with E-state index in [-0.39, 0.29) is 56.1 Å². The van der Waals surface area contributed by atoms with E-state index >= 15 is 0 Å². The molecule has 7 rings (SSSR count). The van der Waals surface area contributed by atoms with Crippen LogP contribution in [0.5, 0.6) is 0 Å². The fraction of sp³-hybridized carbons (Fsp3) is 0.489. The van der Waals surface area contributed by atoms with Gasteiger partial charge in [0.2, 0.25) is 11.8 Å². The minimum atomic E-state index is -0.756. The number of aromatic amines is 2. The molecule has 4 atom stereocenters. The van der Waals surface area contributed by atoms with Gasteiger partial charge in [-0.2, -0.15) is 0 Å². The van der Waals surface area contributed by atoms with Gasteiger partial charge in [-0.25, -0.2) is 19.6 Å². The maximum atomic E-state index is 14.0. The maximum absolute atomic E-state index is 14.0. The third-order valence-electron chi connectivity index (χ3n) is 12.3. The van der Waals surface area contributed by atoms with Crippen LogP contribution in [0.2, 0.25) is 0 Å². The van der Waals surface area contributed by atoms with Crippen molar-refractivity contribution in [1.29, 1.82) is 0 Å². The number of carbonyl (C=O) groups is 4. The van der Waals surface area contributed by atoms with Crippen LogP contribution in [-0.2, 0) is 34.1 Å². The topological polar surface area (TPSA) is 193 Å². The molecule has 0 radical (unpaired) electrons. The number of aromatic nitrogens is 4. The number of nitrogens with one attached hydrogen (secondary N) is 4. The lowest BCUT2D eigenvalue weighted by molar-refractivity contribution is -0.139. The molecular formula is C47H60N8O8. The number of carbonyl (C=O) groups excluding carboxylic acids is 4. The molecule has 4 N–H and O–H groups in total. The Balaban J connectivity index is 1.04. The number of nitrogens with zero attached hydrogens (tertiary/aromatic N) is 4. The highest BCUT2D eigenvalue weighted by atomic mass is 16.6. The van der Waals surface area contributed by atoms with Gasteiger partial charge in [0, 0.05) is 27.3 Å². The summed E-state index contributed by atoms with van der Waals surface area (Å²) in [7, 11) is 3.06. The van der Waals surface area contributed by atoms with Gasteiger partial charge in [-0.1, -0.05) is 64.1 Å². The fourth-order valence-corrected chi connectivity index (χ4v) is 8.69. The molecule has 5 aromatic rings. The Morgan fingerprint density at radius 3 is 1.78 bits per heavy atom. The molecule has 63 heavy (non-hydrogen) atoms. The predicted molar refractivity (Wildman–Crippen MR) is 239 cm³/mol. The molecular weight excluding hydrogens is 805 g/mol. The molecule has 4 amide bonds. The highest BCUT2D eigenvalue weighted by molar-refractivity contribution is 5.89. The van der Waals surface area contributed by atoms with Gasteiger partial charge >= 0.3 is 12.2 Å². The monoisotopic (exact) mass is 864 g/mol. The molecule has 2 aliphatic heterocycles. The Bertz CT molecular complexity index is 2410. The molecule has 3 aromatic carbocycles. The summed E-state index contributed by atoms with van der Waals surface area (Å²) in [5.74, 6) is 0.802. The van der Waals surface area contributed by atoms with Crippen LogP contribution in [0, 0.1) is 11.8 Å². The molecule has 0 aliphatic carbocycles. The second-order valence-electron chi connectivity index (χ2n) is 17.3. The standard InChI is InChI=1S/C47H60N8O8/c1-28(2)39(52-45(58)62-24-22-60-6)42(56)54-20-8-10-38(54)41-48-34-17-15-32(26-36(34)49-41)30-11-13-31(14-12-30)33-16-18-35-37(27-33)51-44(50-35)47(5)19-9-21-55(47)43(57)40(29(3)4)53-46(59)63-25-23-61-7/h11-18,26-29,38-40H,8-10,19-25H2,1-7H3,(H,48,49)(H,50,51)(H,52,58)(H,53,59)/t38-,39-,40-,47+/m0/s1. The van der Waals surface area contributed by atoms with Gasteiger partial charge in [0.25, 0.3) is 0 Å². The van der Waals surface area contributed by atoms with Crippen molar-refractivity contribution in [3.05, 3.63) is 72.3 Å². The van der Waals surface area contributed by atoms with Gasteiger partial charge in [0.15, 0.2) is 0 Å². The Morgan fingerprint density at radius 2 is 1.22 bits per heavy atom. The van der Waals surface area contributed by atoms with Gasteiger partial charge in [0.1, 0.15) is 36.9 Å². The summed E-state index contributed by atoms with van der Waals surface area (Å²) in [6.07, 6.45) is 1.84. The summed E-state index contributed by atoms with van der Waals surface area (Å²) in [4.78, 5) is 73.4. The van der Waals surface area contributed by atoms with Crippen LogP contribution in [-0.4, -0.2) is 120 Å². The average molecular weight is 865 g/mol. The minimum Gasteiger partial charge on any atom is -0.447 e. The maximum Gasteiger partial charge on any atom is 0.407 e. The third-order valence-corrected chi connectivity index (χ3v) is 12.3. The Morgan fingerprint density at radius 1 is 0.698 bits per heavy atom. The molecule has 2 saturated heterocycles. The van der Waals surface area contributed by atoms with Gasteiger partial charge in [0.05, 0.1) is 46.9 Å². The quantitative estimate of drug-likeness (QED) is 0.0746. The first-order valence-corrected chi connectivity index (χ1v) is 21.9. The minimum absolute atomic E-state index is 0.0991. The molecule has 0 bridgehead atoms. The number of ether oxygens (including phenoxy) is 4. The molecule has 0 saturated carbocycles. The van der Waals surface area contributed by atoms with Crippen molar-refractivity contribution in [3.63, 3.8) is 0 Å². The summed E-state index contributed by atoms with van der Waals surface area (Å²) in [5.41, 5.74) is 6.79. The van der Waals surface area contributed by atoms with Crippen molar-refractivity contribution >= 4 is 46.1 Å². The van der Waals surface area contributed by atoms with E-state index in [0.717, 1.165) is 75.8 Å². The van der Waals surface area contributed by atoms with Crippen LogP contribution in [0.4, 0.5) is 9.59 Å². The van der Waals surface area contributed by atoms with Crippen molar-refractivity contribution in [1.82, 2.24) is 40.4 Å². The van der Waals surface area contributed by atoms with E-state index in [2.05, 4.69) is 69.1 Å². The first-order valence-electron chi connectivity index (χ1n) is 21.9. The lowest BCUT2D eigenvalue weighted by Gasteiger charge is -2.37. The fourth-order valence-electron chi connectivity index (χ4n) is 8.69. The molecule has 2 aromatic heterocycles. The summed E-state index contributed by atoms with van der Waals surface area (Å²) in [6.45, 7) is 11.5. The first-order chi connectivity index (χ1) is 30.3. The van der Waals surface area contributed by atoms with E-state index < -0.39 is 29.8 Å². The normalized spacial score (nSPS) is 18.7. The molecule has 2 fully saturated rings. The van der Waals surface area contributed by atoms with Crippen LogP contribution in [0.25, 0.3) is 44.3 Å². The zero-order valence-electron chi connectivity index (χ0n) is 37.3. The molecule has 4 heterocycles. The number of imidazole rings is 2. The zero-order chi connectivity index (χ0) is 44.8. The number of methoxy groups -OCH3 is 2. The predicted octanol–water partition coefficient (Wildman–Crippen LogP) is 7.07. The number of H-pyrrole nitrogens is 2. The van der Waals surface area contributed by atoms with Crippen LogP contribution in [0.1, 0.15) is 78.0 Å². The smallest absolute Gasteiger partial charge is 0.407 e. The van der Waals surface area contributed by atoms with E-state index in [1.807, 2.05) is 56.6 Å². The summed E-state index contributed by atoms with van der Waals surface area (Å²) in [6, 6.07) is 18.9. The molecule has 336 valence electrons. The van der Waals surface area contributed by atoms with E-state index in [1.165, 1.54) is 14.2 Å². The number of fused-ring (bicyclic) bond motifs is 2. The van der Waals surface area contributed by atoms with Crippen molar-refractivity contribution in [3.8, 4) is 22.3 Å². The highest BCUT2D eigenvalue weighted by Crippen LogP contribution is 2.40. The number of amides is 4. The Kier molecular flexibility index (Phi) is 14.0. The summed E-state index contributed by atoms with van der Waals surface area (Å²) < 4.78 is 20.3. The molecule has 16 heteroatoms. The molecule has 2 aliphatic rings. The highest BCUT2D eigenvalue weighted by Gasteiger charge is 2.46. The molecule has 0 unspecified atom stereocenters. The lowest BCUT2D eigenvalue weighted by Crippen LogP contribution is -2.55. The van der Waals surface area contributed by atoms with Crippen molar-refractivity contribution in [2.45, 2.75) is 84.0 Å². The van der Waals surface area contributed by atoms with Crippen molar-refractivity contribution in [2.75, 3.05) is 53.7 Å². The number of hydrogen-bond donors (Lipinski definition) is 4. The second kappa shape index (κ2) is 19.6. The van der Waals surface area contributed by atoms with E-state index in [4.69, 9.17) is 28.9 Å².